The Morgan fingerprint density at radius 3 is 0.640 bits per heavy atom. The number of hydrogen-bond acceptors (Lipinski definition) is 2. The van der Waals surface area contributed by atoms with Crippen molar-refractivity contribution < 1.29 is 65.6 Å². The minimum absolute atomic E-state index is 0. The van der Waals surface area contributed by atoms with E-state index in [2.05, 4.69) is 378 Å². The van der Waals surface area contributed by atoms with Gasteiger partial charge in [-0.25, -0.2) is 35.1 Å². The van der Waals surface area contributed by atoms with E-state index in [0.29, 0.717) is 22.8 Å². The maximum absolute atomic E-state index is 14.9. The Hall–Kier alpha value is -11.3. The van der Waals surface area contributed by atoms with Crippen molar-refractivity contribution in [3.8, 4) is 33.4 Å². The Kier molecular flexibility index (Phi) is 44.2. The standard InChI is InChI=1S/C26H28F4Si.4C18H15P.C17H17F2I.C6H5BF2O2.Pd/c1-5-6-7-8-17-9-11-18(12-10-17)19-13-21(27)25(22(28)14-19)20-15-23(29)26(24(30)16-20)31(2,3)4;4*1-4-10-16(11-5-1)19(17-12-6-2-7-13-17)18-14-8-3-9-15-18;1-2-3-4-5-12-6-8-13(9-7-12)14-10-15(18)17(20)16(19)11-14;8-5-1-4(7(10)11)2-6(9)3-5;/h9-16H,5-8H2,1-4H3;4*1-15H;6-11H,2-5H2,1H3;1-3,10-11H;. The van der Waals surface area contributed by atoms with Gasteiger partial charge in [0.1, 0.15) is 46.5 Å². The largest absolute Gasteiger partial charge is 0.488 e. The van der Waals surface area contributed by atoms with Gasteiger partial charge in [-0.05, 0) is 237 Å². The van der Waals surface area contributed by atoms with Crippen molar-refractivity contribution in [3.05, 3.63) is 528 Å². The first kappa shape index (κ1) is 108. The molecule has 0 aliphatic heterocycles. The van der Waals surface area contributed by atoms with Crippen molar-refractivity contribution >= 4 is 144 Å². The fourth-order valence-corrected chi connectivity index (χ4v) is 26.6. The molecule has 0 radical (unpaired) electrons. The smallest absolute Gasteiger partial charge is 0.423 e. The van der Waals surface area contributed by atoms with Crippen molar-refractivity contribution in [3.63, 3.8) is 0 Å². The minimum Gasteiger partial charge on any atom is -0.423 e. The molecular formula is C121H110BF8IO2P4PdSi. The van der Waals surface area contributed by atoms with E-state index in [1.807, 2.05) is 68.2 Å². The predicted molar refractivity (Wildman–Crippen MR) is 588 cm³/mol. The molecule has 0 unspecified atom stereocenters. The fourth-order valence-electron chi connectivity index (χ4n) is 15.5. The summed E-state index contributed by atoms with van der Waals surface area (Å²) in [5.41, 5.74) is 4.22. The van der Waals surface area contributed by atoms with Crippen LogP contribution in [-0.2, 0) is 33.3 Å². The number of halogens is 9. The molecule has 0 bridgehead atoms. The maximum atomic E-state index is 14.9. The van der Waals surface area contributed by atoms with Gasteiger partial charge in [-0.2, -0.15) is 0 Å². The number of benzene rings is 18. The van der Waals surface area contributed by atoms with Crippen LogP contribution < -0.4 is 74.3 Å². The van der Waals surface area contributed by atoms with E-state index in [1.165, 1.54) is 125 Å². The number of aryl methyl sites for hydroxylation is 2. The molecule has 2 nitrogen and oxygen atoms in total. The van der Waals surface area contributed by atoms with Crippen LogP contribution in [0.25, 0.3) is 33.4 Å². The van der Waals surface area contributed by atoms with Crippen molar-refractivity contribution in [2.45, 2.75) is 84.9 Å². The third-order valence-corrected chi connectivity index (χ3v) is 35.0. The minimum atomic E-state index is -2.28. The molecule has 0 aliphatic rings. The molecule has 0 spiro atoms. The zero-order valence-electron chi connectivity index (χ0n) is 78.1. The second-order valence-corrected chi connectivity index (χ2v) is 48.3. The molecule has 0 saturated carbocycles. The molecule has 0 heterocycles. The molecule has 0 aliphatic carbocycles. The number of hydrogen-bond donors (Lipinski definition) is 2. The van der Waals surface area contributed by atoms with E-state index >= 15 is 0 Å². The second-order valence-electron chi connectivity index (χ2n) is 33.4. The topological polar surface area (TPSA) is 40.5 Å². The summed E-state index contributed by atoms with van der Waals surface area (Å²) in [6, 6.07) is 155. The first-order chi connectivity index (χ1) is 67.1. The Labute approximate surface area is 848 Å². The Balaban J connectivity index is 0.000000157. The van der Waals surface area contributed by atoms with E-state index in [9.17, 15) is 35.1 Å². The Morgan fingerprint density at radius 2 is 0.446 bits per heavy atom. The predicted octanol–water partition coefficient (Wildman–Crippen LogP) is 27.2. The van der Waals surface area contributed by atoms with Crippen molar-refractivity contribution in [2.24, 2.45) is 0 Å². The molecule has 0 fully saturated rings. The molecule has 18 rings (SSSR count). The van der Waals surface area contributed by atoms with Gasteiger partial charge in [-0.15, -0.1) is 0 Å². The zero-order valence-corrected chi connectivity index (χ0v) is 86.4. The average Bonchev–Trinajstić information content (AvgIpc) is 0.770. The molecule has 18 aromatic carbocycles. The molecule has 706 valence electrons. The van der Waals surface area contributed by atoms with Crippen LogP contribution in [0.2, 0.25) is 19.6 Å². The summed E-state index contributed by atoms with van der Waals surface area (Å²) in [6.07, 6.45) is 9.08. The van der Waals surface area contributed by atoms with E-state index in [1.54, 1.807) is 22.6 Å². The SMILES string of the molecule is CCCCCc1ccc(-c2cc(F)c(-c3cc(F)c([Si](C)(C)C)c(F)c3)c(F)c2)cc1.CCCCCc1ccc(-c2cc(F)c(I)c(F)c2)cc1.OB(O)c1cc(F)cc(F)c1.[Pd].c1ccc(P(c2ccccc2)c2ccccc2)cc1.c1ccc(P(c2ccccc2)c2ccccc2)cc1.c1ccc(P(c2ccccc2)c2ccccc2)cc1.c1ccc(P(c2ccccc2)c2ccccc2)cc1. The van der Waals surface area contributed by atoms with E-state index in [4.69, 9.17) is 10.0 Å². The molecule has 18 aromatic rings. The van der Waals surface area contributed by atoms with Crippen LogP contribution in [0, 0.1) is 50.1 Å². The van der Waals surface area contributed by atoms with Gasteiger partial charge in [0.15, 0.2) is 0 Å². The molecule has 0 aromatic heterocycles. The van der Waals surface area contributed by atoms with Crippen molar-refractivity contribution in [1.82, 2.24) is 0 Å². The maximum Gasteiger partial charge on any atom is 0.488 e. The monoisotopic (exact) mass is 2140 g/mol. The van der Waals surface area contributed by atoms with Gasteiger partial charge in [0, 0.05) is 31.7 Å². The van der Waals surface area contributed by atoms with E-state index in [0.717, 1.165) is 55.5 Å². The third kappa shape index (κ3) is 32.9. The average molecular weight is 2140 g/mol. The Bertz CT molecular complexity index is 5710. The van der Waals surface area contributed by atoms with Crippen LogP contribution >= 0.6 is 54.3 Å². The zero-order chi connectivity index (χ0) is 97.4. The second kappa shape index (κ2) is 56.8. The summed E-state index contributed by atoms with van der Waals surface area (Å²) in [4.78, 5) is 0. The summed E-state index contributed by atoms with van der Waals surface area (Å²) < 4.78 is 111. The first-order valence-electron chi connectivity index (χ1n) is 46.1. The van der Waals surface area contributed by atoms with E-state index in [-0.39, 0.29) is 40.2 Å². The fraction of sp³-hybridized carbons (Fsp3) is 0.107. The molecule has 0 amide bonds. The van der Waals surface area contributed by atoms with Gasteiger partial charge in [-0.1, -0.05) is 472 Å². The summed E-state index contributed by atoms with van der Waals surface area (Å²) in [7, 11) is -5.90. The summed E-state index contributed by atoms with van der Waals surface area (Å²) in [6.45, 7) is 9.79. The quantitative estimate of drug-likeness (QED) is 0.0150. The molecule has 18 heteroatoms. The third-order valence-electron chi connectivity index (χ3n) is 22.2. The van der Waals surface area contributed by atoms with Gasteiger partial charge in [-0.3, -0.25) is 0 Å². The van der Waals surface area contributed by atoms with Gasteiger partial charge in [0.25, 0.3) is 0 Å². The summed E-state index contributed by atoms with van der Waals surface area (Å²) in [5, 5.41) is 33.8. The van der Waals surface area contributed by atoms with Gasteiger partial charge in [0.2, 0.25) is 0 Å². The van der Waals surface area contributed by atoms with Crippen LogP contribution in [0.1, 0.15) is 63.5 Å². The molecule has 139 heavy (non-hydrogen) atoms. The van der Waals surface area contributed by atoms with Crippen LogP contribution in [0.4, 0.5) is 35.1 Å². The molecule has 2 N–H and O–H groups in total. The summed E-state index contributed by atoms with van der Waals surface area (Å²) in [5.74, 6) is -5.86. The van der Waals surface area contributed by atoms with Crippen molar-refractivity contribution in [1.29, 1.82) is 0 Å². The van der Waals surface area contributed by atoms with Crippen LogP contribution in [0.3, 0.4) is 0 Å². The first-order valence-corrected chi connectivity index (χ1v) is 56.0. The van der Waals surface area contributed by atoms with Gasteiger partial charge < -0.3 is 10.0 Å². The van der Waals surface area contributed by atoms with Crippen LogP contribution in [-0.4, -0.2) is 25.2 Å². The molecular weight excluding hydrogens is 2030 g/mol. The van der Waals surface area contributed by atoms with Gasteiger partial charge in [0.05, 0.1) is 17.2 Å². The summed E-state index contributed by atoms with van der Waals surface area (Å²) >= 11 is 1.68. The number of unbranched alkanes of at least 4 members (excludes halogenated alkanes) is 4. The van der Waals surface area contributed by atoms with Crippen LogP contribution in [0.5, 0.6) is 0 Å². The van der Waals surface area contributed by atoms with Crippen molar-refractivity contribution in [2.75, 3.05) is 0 Å². The normalized spacial score (nSPS) is 10.7. The van der Waals surface area contributed by atoms with Gasteiger partial charge >= 0.3 is 7.12 Å². The van der Waals surface area contributed by atoms with Crippen LogP contribution in [0.15, 0.2) is 467 Å². The molecule has 0 saturated heterocycles. The number of rotatable bonds is 25. The molecule has 0 atom stereocenters. The Morgan fingerprint density at radius 1 is 0.245 bits per heavy atom. The van der Waals surface area contributed by atoms with E-state index < -0.39 is 99.0 Å².